The molecule has 1 heterocycles. The summed E-state index contributed by atoms with van der Waals surface area (Å²) in [7, 11) is 3.06. The van der Waals surface area contributed by atoms with Gasteiger partial charge in [-0.2, -0.15) is 0 Å². The summed E-state index contributed by atoms with van der Waals surface area (Å²) in [6.07, 6.45) is 3.58. The van der Waals surface area contributed by atoms with Crippen LogP contribution in [0, 0.1) is 23.5 Å². The van der Waals surface area contributed by atoms with Crippen LogP contribution in [-0.2, 0) is 10.3 Å². The van der Waals surface area contributed by atoms with Crippen molar-refractivity contribution in [3.63, 3.8) is 0 Å². The molecule has 0 bridgehead atoms. The van der Waals surface area contributed by atoms with Crippen molar-refractivity contribution in [3.05, 3.63) is 35.4 Å². The SMILES string of the molecule is CNC[C@H](C[C@H]1CC[C@H](F)CC1)NC(=O)N1CCC[C@@H](C(O)(CCCNC(=O)OC)c2cccc(F)c2F)C1. The Morgan fingerprint density at radius 3 is 2.64 bits per heavy atom. The Kier molecular flexibility index (Phi) is 11.7. The Balaban J connectivity index is 1.71. The highest BCUT2D eigenvalue weighted by Crippen LogP contribution is 2.41. The van der Waals surface area contributed by atoms with Crippen LogP contribution >= 0.6 is 0 Å². The average Bonchev–Trinajstić information content (AvgIpc) is 2.93. The third-order valence-electron chi connectivity index (χ3n) is 8.16. The van der Waals surface area contributed by atoms with E-state index in [1.807, 2.05) is 7.05 Å². The number of aliphatic hydroxyl groups is 1. The molecule has 1 unspecified atom stereocenters. The molecule has 3 amide bonds. The number of piperidine rings is 1. The molecule has 3 rings (SSSR count). The number of nitrogens with one attached hydrogen (secondary N) is 3. The van der Waals surface area contributed by atoms with Gasteiger partial charge in [0.25, 0.3) is 0 Å². The molecule has 0 spiro atoms. The molecule has 2 aliphatic rings. The predicted molar refractivity (Wildman–Crippen MR) is 142 cm³/mol. The zero-order valence-corrected chi connectivity index (χ0v) is 23.0. The number of carbonyl (C=O) groups is 2. The Hall–Kier alpha value is -2.53. The molecule has 1 aromatic rings. The second-order valence-corrected chi connectivity index (χ2v) is 10.9. The minimum absolute atomic E-state index is 0.0527. The van der Waals surface area contributed by atoms with Gasteiger partial charge in [0, 0.05) is 43.7 Å². The number of methoxy groups -OCH3 is 1. The van der Waals surface area contributed by atoms with Crippen LogP contribution in [0.3, 0.4) is 0 Å². The maximum atomic E-state index is 15.0. The highest BCUT2D eigenvalue weighted by atomic mass is 19.2. The van der Waals surface area contributed by atoms with Gasteiger partial charge >= 0.3 is 12.1 Å². The summed E-state index contributed by atoms with van der Waals surface area (Å²) in [6.45, 7) is 1.40. The van der Waals surface area contributed by atoms with Crippen LogP contribution in [0.25, 0.3) is 0 Å². The molecule has 220 valence electrons. The first-order valence-electron chi connectivity index (χ1n) is 14.0. The summed E-state index contributed by atoms with van der Waals surface area (Å²) in [5.41, 5.74) is -1.90. The zero-order valence-electron chi connectivity index (χ0n) is 23.0. The van der Waals surface area contributed by atoms with Gasteiger partial charge in [0.15, 0.2) is 11.6 Å². The molecule has 1 aromatic carbocycles. The molecule has 4 N–H and O–H groups in total. The lowest BCUT2D eigenvalue weighted by atomic mass is 9.74. The standard InChI is InChI=1S/C28H43F3N4O4/c1-32-17-22(16-19-9-11-21(29)12-10-19)34-26(36)35-15-4-6-20(18-35)28(38,13-5-14-33-27(37)39-2)23-7-3-8-24(30)25(23)31/h3,7-8,19-22,32,38H,4-6,9-18H2,1-2H3,(H,33,37)(H,34,36)/t19-,20-,21-,22+,28?/m1/s1. The van der Waals surface area contributed by atoms with Gasteiger partial charge in [0.1, 0.15) is 6.17 Å². The summed E-state index contributed by atoms with van der Waals surface area (Å²) in [5.74, 6) is -2.36. The van der Waals surface area contributed by atoms with Crippen LogP contribution in [0.1, 0.15) is 63.4 Å². The minimum Gasteiger partial charge on any atom is -0.453 e. The summed E-state index contributed by atoms with van der Waals surface area (Å²) >= 11 is 0. The van der Waals surface area contributed by atoms with Crippen LogP contribution in [0.15, 0.2) is 18.2 Å². The minimum atomic E-state index is -1.75. The number of likely N-dealkylation sites (N-methyl/N-ethyl adjacent to an activating group) is 1. The maximum absolute atomic E-state index is 15.0. The number of benzene rings is 1. The van der Waals surface area contributed by atoms with Gasteiger partial charge in [-0.25, -0.2) is 22.8 Å². The van der Waals surface area contributed by atoms with Gasteiger partial charge in [0.2, 0.25) is 0 Å². The molecule has 1 saturated heterocycles. The van der Waals surface area contributed by atoms with Crippen molar-refractivity contribution < 1.29 is 32.6 Å². The van der Waals surface area contributed by atoms with Crippen LogP contribution in [0.4, 0.5) is 22.8 Å². The molecule has 1 aliphatic heterocycles. The van der Waals surface area contributed by atoms with Crippen molar-refractivity contribution in [1.82, 2.24) is 20.9 Å². The van der Waals surface area contributed by atoms with E-state index >= 15 is 0 Å². The van der Waals surface area contributed by atoms with Crippen LogP contribution < -0.4 is 16.0 Å². The molecule has 0 aromatic heterocycles. The lowest BCUT2D eigenvalue weighted by molar-refractivity contribution is -0.0580. The molecular formula is C28H43F3N4O4. The first-order chi connectivity index (χ1) is 18.7. The van der Waals surface area contributed by atoms with Gasteiger partial charge in [-0.05, 0) is 76.8 Å². The average molecular weight is 557 g/mol. The number of halogens is 3. The van der Waals surface area contributed by atoms with E-state index in [0.717, 1.165) is 25.3 Å². The summed E-state index contributed by atoms with van der Waals surface area (Å²) < 4.78 is 47.3. The third-order valence-corrected chi connectivity index (χ3v) is 8.16. The highest BCUT2D eigenvalue weighted by molar-refractivity contribution is 5.74. The molecule has 8 nitrogen and oxygen atoms in total. The van der Waals surface area contributed by atoms with Crippen molar-refractivity contribution in [2.45, 2.75) is 75.6 Å². The summed E-state index contributed by atoms with van der Waals surface area (Å²) in [6, 6.07) is 3.33. The number of nitrogens with zero attached hydrogens (tertiary/aromatic N) is 1. The van der Waals surface area contributed by atoms with E-state index in [-0.39, 0.29) is 43.6 Å². The van der Waals surface area contributed by atoms with Crippen molar-refractivity contribution in [2.24, 2.45) is 11.8 Å². The zero-order chi connectivity index (χ0) is 28.4. The predicted octanol–water partition coefficient (Wildman–Crippen LogP) is 4.22. The number of urea groups is 1. The normalized spacial score (nSPS) is 23.9. The first-order valence-corrected chi connectivity index (χ1v) is 14.0. The molecule has 3 atom stereocenters. The Morgan fingerprint density at radius 1 is 1.21 bits per heavy atom. The van der Waals surface area contributed by atoms with Crippen molar-refractivity contribution in [1.29, 1.82) is 0 Å². The fraction of sp³-hybridized carbons (Fsp3) is 0.714. The number of carbonyl (C=O) groups excluding carboxylic acids is 2. The fourth-order valence-corrected chi connectivity index (χ4v) is 6.03. The highest BCUT2D eigenvalue weighted by Gasteiger charge is 2.43. The number of hydrogen-bond donors (Lipinski definition) is 4. The number of amides is 3. The van der Waals surface area contributed by atoms with Gasteiger partial charge in [-0.15, -0.1) is 0 Å². The van der Waals surface area contributed by atoms with Crippen LogP contribution in [-0.4, -0.2) is 74.7 Å². The number of ether oxygens (including phenoxy) is 1. The molecule has 2 fully saturated rings. The van der Waals surface area contributed by atoms with Crippen molar-refractivity contribution in [2.75, 3.05) is 40.3 Å². The molecular weight excluding hydrogens is 513 g/mol. The second-order valence-electron chi connectivity index (χ2n) is 10.9. The number of alkyl halides is 1. The largest absolute Gasteiger partial charge is 0.453 e. The summed E-state index contributed by atoms with van der Waals surface area (Å²) in [4.78, 5) is 26.4. The lowest BCUT2D eigenvalue weighted by Gasteiger charge is -2.43. The molecule has 1 aliphatic carbocycles. The molecule has 0 radical (unpaired) electrons. The van der Waals surface area contributed by atoms with Crippen LogP contribution in [0.5, 0.6) is 0 Å². The van der Waals surface area contributed by atoms with Crippen molar-refractivity contribution >= 4 is 12.1 Å². The van der Waals surface area contributed by atoms with Crippen molar-refractivity contribution in [3.8, 4) is 0 Å². The van der Waals surface area contributed by atoms with E-state index < -0.39 is 35.4 Å². The van der Waals surface area contributed by atoms with Gasteiger partial charge < -0.3 is 30.7 Å². The number of rotatable bonds is 11. The Morgan fingerprint density at radius 2 is 1.95 bits per heavy atom. The number of hydrogen-bond acceptors (Lipinski definition) is 5. The number of likely N-dealkylation sites (tertiary alicyclic amines) is 1. The van der Waals surface area contributed by atoms with Gasteiger partial charge in [-0.3, -0.25) is 0 Å². The lowest BCUT2D eigenvalue weighted by Crippen LogP contribution is -2.54. The summed E-state index contributed by atoms with van der Waals surface area (Å²) in [5, 5.41) is 20.7. The third kappa shape index (κ3) is 8.48. The number of alkyl carbamates (subject to hydrolysis) is 1. The topological polar surface area (TPSA) is 103 Å². The molecule has 11 heteroatoms. The Labute approximate surface area is 229 Å². The monoisotopic (exact) mass is 556 g/mol. The van der Waals surface area contributed by atoms with E-state index in [1.165, 1.54) is 19.2 Å². The van der Waals surface area contributed by atoms with E-state index in [1.54, 1.807) is 4.90 Å². The fourth-order valence-electron chi connectivity index (χ4n) is 6.03. The van der Waals surface area contributed by atoms with E-state index in [2.05, 4.69) is 20.7 Å². The molecule has 39 heavy (non-hydrogen) atoms. The van der Waals surface area contributed by atoms with Crippen LogP contribution in [0.2, 0.25) is 0 Å². The quantitative estimate of drug-likeness (QED) is 0.306. The molecule has 1 saturated carbocycles. The van der Waals surface area contributed by atoms with E-state index in [4.69, 9.17) is 0 Å². The van der Waals surface area contributed by atoms with E-state index in [0.29, 0.717) is 44.7 Å². The maximum Gasteiger partial charge on any atom is 0.406 e. The van der Waals surface area contributed by atoms with Gasteiger partial charge in [-0.1, -0.05) is 12.1 Å². The Bertz CT molecular complexity index is 947. The smallest absolute Gasteiger partial charge is 0.406 e. The second kappa shape index (κ2) is 14.7. The van der Waals surface area contributed by atoms with Gasteiger partial charge in [0.05, 0.1) is 12.7 Å². The first kappa shape index (κ1) is 31.0. The van der Waals surface area contributed by atoms with E-state index in [9.17, 15) is 27.9 Å².